The molecule has 0 aromatic rings. The molecule has 0 aromatic heterocycles. The van der Waals surface area contributed by atoms with Crippen LogP contribution in [0.15, 0.2) is 0 Å². The molecule has 2 saturated heterocycles. The second-order valence-corrected chi connectivity index (χ2v) is 20.7. The van der Waals surface area contributed by atoms with Crippen molar-refractivity contribution in [3.63, 3.8) is 0 Å². The molecule has 19 nitrogen and oxygen atoms in total. The van der Waals surface area contributed by atoms with Gasteiger partial charge in [0, 0.05) is 50.7 Å². The molecule has 1 radical (unpaired) electrons. The van der Waals surface area contributed by atoms with Crippen molar-refractivity contribution >= 4 is 19.8 Å². The third kappa shape index (κ3) is 21.8. The summed E-state index contributed by atoms with van der Waals surface area (Å²) < 4.78 is 51.4. The fraction of sp³-hybridized carbons (Fsp3) is 0.952. The summed E-state index contributed by atoms with van der Waals surface area (Å²) in [6.07, 6.45) is -2.80. The first-order valence-corrected chi connectivity index (χ1v) is 23.8. The number of aliphatic hydroxyl groups is 3. The molecule has 0 spiro atoms. The fourth-order valence-corrected chi connectivity index (χ4v) is 8.75. The maximum Gasteiger partial charge on any atom is 0.474 e. The Balaban J connectivity index is 0.0000198. The predicted octanol–water partition coefficient (Wildman–Crippen LogP) is 5.96. The standard InChI is InChI=1S/C42H81N3O16P.Ac/c1-25(2)13-12-15-26(3)16-17-28(5)18-21-41(7,8)20-11-10-14-27(4)19-22-54-30(23-55-51)24-56-62(52,53)61-39-34(58-38-31(43)33(47)32(46)29(6)57-38)35(60-40(45)49)42(9,50)36(59-39)37(44)48;/h25-36,38-39,43,46-47,50-51H,10-24H2,1-9H3,(H2,44,48)(H2,45,49)(H,52,53);/q-1;. The second-order valence-electron chi connectivity index (χ2n) is 19.3. The van der Waals surface area contributed by atoms with E-state index in [9.17, 15) is 39.6 Å². The van der Waals surface area contributed by atoms with E-state index in [4.69, 9.17) is 49.9 Å². The summed E-state index contributed by atoms with van der Waals surface area (Å²) in [6, 6.07) is -1.70. The number of ether oxygens (including phenoxy) is 5. The number of nitrogens with one attached hydrogen (secondary N) is 1. The number of hydrogen-bond donors (Lipinski definition) is 7. The van der Waals surface area contributed by atoms with Crippen LogP contribution in [-0.2, 0) is 47.0 Å². The van der Waals surface area contributed by atoms with Gasteiger partial charge in [-0.3, -0.25) is 19.1 Å². The number of phosphoric acid groups is 1. The fourth-order valence-electron chi connectivity index (χ4n) is 7.90. The van der Waals surface area contributed by atoms with Crippen LogP contribution in [0.3, 0.4) is 0 Å². The van der Waals surface area contributed by atoms with Gasteiger partial charge in [-0.15, -0.1) is 0 Å². The molecule has 21 heteroatoms. The Kier molecular flexibility index (Phi) is 28.1. The maximum atomic E-state index is 13.3. The van der Waals surface area contributed by atoms with Gasteiger partial charge in [0.1, 0.15) is 30.7 Å². The van der Waals surface area contributed by atoms with E-state index in [0.29, 0.717) is 12.3 Å². The van der Waals surface area contributed by atoms with Crippen LogP contribution in [0.5, 0.6) is 0 Å². The summed E-state index contributed by atoms with van der Waals surface area (Å²) in [5, 5.41) is 41.0. The summed E-state index contributed by atoms with van der Waals surface area (Å²) >= 11 is 0. The molecule has 2 fully saturated rings. The van der Waals surface area contributed by atoms with Crippen molar-refractivity contribution in [3.8, 4) is 0 Å². The van der Waals surface area contributed by atoms with Crippen LogP contribution in [0.1, 0.15) is 139 Å². The Bertz CT molecular complexity index is 1370. The third-order valence-electron chi connectivity index (χ3n) is 12.2. The van der Waals surface area contributed by atoms with Crippen molar-refractivity contribution in [3.05, 3.63) is 5.73 Å². The molecule has 0 aromatic carbocycles. The molecule has 0 saturated carbocycles. The average Bonchev–Trinajstić information content (AvgIpc) is 3.17. The number of carbonyl (C=O) groups is 2. The summed E-state index contributed by atoms with van der Waals surface area (Å²) in [5.74, 6) is 1.30. The number of aliphatic hydroxyl groups excluding tert-OH is 2. The predicted molar refractivity (Wildman–Crippen MR) is 229 cm³/mol. The second kappa shape index (κ2) is 29.0. The van der Waals surface area contributed by atoms with Crippen LogP contribution in [0.2, 0.25) is 0 Å². The van der Waals surface area contributed by atoms with Gasteiger partial charge in [-0.1, -0.05) is 112 Å². The number of amides is 2. The van der Waals surface area contributed by atoms with Gasteiger partial charge in [-0.05, 0) is 62.2 Å². The molecule has 2 heterocycles. The van der Waals surface area contributed by atoms with Gasteiger partial charge < -0.3 is 61.1 Å². The average molecular weight is 1140 g/mol. The number of hydrogen-bond acceptors (Lipinski definition) is 15. The van der Waals surface area contributed by atoms with E-state index in [0.717, 1.165) is 50.4 Å². The summed E-state index contributed by atoms with van der Waals surface area (Å²) in [4.78, 5) is 39.4. The van der Waals surface area contributed by atoms with Gasteiger partial charge >= 0.3 is 13.9 Å². The Hall–Kier alpha value is -0.108. The molecule has 10 N–H and O–H groups in total. The zero-order valence-corrected chi connectivity index (χ0v) is 44.7. The van der Waals surface area contributed by atoms with E-state index in [1.807, 2.05) is 0 Å². The van der Waals surface area contributed by atoms with Crippen molar-refractivity contribution in [2.24, 2.45) is 40.6 Å². The minimum Gasteiger partial charge on any atom is -0.668 e. The maximum absolute atomic E-state index is 13.3. The zero-order chi connectivity index (χ0) is 47.0. The Morgan fingerprint density at radius 1 is 0.857 bits per heavy atom. The van der Waals surface area contributed by atoms with Gasteiger partial charge in [0.05, 0.1) is 18.8 Å². The Morgan fingerprint density at radius 2 is 1.46 bits per heavy atom. The summed E-state index contributed by atoms with van der Waals surface area (Å²) in [7, 11) is -5.25. The minimum atomic E-state index is -5.25. The molecule has 0 aliphatic carbocycles. The van der Waals surface area contributed by atoms with Crippen LogP contribution in [0, 0.1) is 73.1 Å². The van der Waals surface area contributed by atoms with E-state index in [1.165, 1.54) is 51.9 Å². The van der Waals surface area contributed by atoms with Crippen molar-refractivity contribution in [2.75, 3.05) is 19.8 Å². The number of unbranched alkanes of at least 4 members (excludes halogenated alkanes) is 1. The SMILES string of the molecule is CC(C)CCCC(C)CCC(C)CCC(C)(C)CCCCC(C)CCOC(COO)COP(=O)(O)OC1OC(C(N)=O)C(C)(O)C(OC(N)=O)C1OC1OC(C)C(O)C(O)C1[NH-].[Ac]. The Morgan fingerprint density at radius 3 is 2.05 bits per heavy atom. The molecule has 2 rings (SSSR count). The van der Waals surface area contributed by atoms with E-state index >= 15 is 0 Å². The quantitative estimate of drug-likeness (QED) is 0.0189. The van der Waals surface area contributed by atoms with Gasteiger partial charge in [-0.25, -0.2) is 14.2 Å². The topological polar surface area (TPSA) is 302 Å². The van der Waals surface area contributed by atoms with Gasteiger partial charge in [0.25, 0.3) is 0 Å². The first-order valence-electron chi connectivity index (χ1n) is 22.3. The van der Waals surface area contributed by atoms with Gasteiger partial charge in [0.15, 0.2) is 24.6 Å². The number of primary amides is 2. The first kappa shape index (κ1) is 60.9. The Labute approximate surface area is 410 Å². The molecular weight excluding hydrogens is 1060 g/mol. The van der Waals surface area contributed by atoms with E-state index in [-0.39, 0.29) is 56.1 Å². The smallest absolute Gasteiger partial charge is 0.474 e. The zero-order valence-electron chi connectivity index (χ0n) is 39.1. The van der Waals surface area contributed by atoms with E-state index in [2.05, 4.69) is 53.4 Å². The number of rotatable bonds is 30. The van der Waals surface area contributed by atoms with Crippen LogP contribution in [-0.4, -0.2) is 124 Å². The minimum absolute atomic E-state index is 0. The molecule has 15 unspecified atom stereocenters. The molecule has 2 aliphatic rings. The van der Waals surface area contributed by atoms with Crippen LogP contribution in [0.4, 0.5) is 4.79 Å². The van der Waals surface area contributed by atoms with Crippen molar-refractivity contribution in [1.82, 2.24) is 0 Å². The largest absolute Gasteiger partial charge is 0.668 e. The van der Waals surface area contributed by atoms with E-state index in [1.54, 1.807) is 0 Å². The van der Waals surface area contributed by atoms with Crippen LogP contribution >= 0.6 is 7.82 Å². The van der Waals surface area contributed by atoms with Crippen molar-refractivity contribution < 1.29 is 121 Å². The molecule has 2 aliphatic heterocycles. The third-order valence-corrected chi connectivity index (χ3v) is 13.2. The summed E-state index contributed by atoms with van der Waals surface area (Å²) in [6.45, 7) is 17.7. The van der Waals surface area contributed by atoms with E-state index < -0.39 is 100.0 Å². The number of nitrogens with two attached hydrogens (primary N) is 2. The van der Waals surface area contributed by atoms with Crippen LogP contribution < -0.4 is 11.5 Å². The molecule has 63 heavy (non-hydrogen) atoms. The van der Waals surface area contributed by atoms with Crippen molar-refractivity contribution in [1.29, 1.82) is 0 Å². The van der Waals surface area contributed by atoms with Gasteiger partial charge in [-0.2, -0.15) is 0 Å². The monoisotopic (exact) mass is 1140 g/mol. The molecular formula is C42H81AcN3O16P-. The summed E-state index contributed by atoms with van der Waals surface area (Å²) in [5.41, 5.74) is 16.8. The number of carbonyl (C=O) groups excluding carboxylic acids is 2. The molecule has 0 bridgehead atoms. The molecule has 2 amide bonds. The number of phosphoric ester groups is 1. The van der Waals surface area contributed by atoms with Gasteiger partial charge in [0.2, 0.25) is 5.91 Å². The molecule has 15 atom stereocenters. The van der Waals surface area contributed by atoms with Crippen molar-refractivity contribution in [2.45, 2.75) is 206 Å². The first-order chi connectivity index (χ1) is 28.8. The van der Waals surface area contributed by atoms with Crippen LogP contribution in [0.25, 0.3) is 5.73 Å². The molecule has 369 valence electrons. The normalized spacial score (nSPS) is 30.8.